The van der Waals surface area contributed by atoms with Crippen LogP contribution >= 0.6 is 11.3 Å². The van der Waals surface area contributed by atoms with Gasteiger partial charge in [-0.2, -0.15) is 0 Å². The first-order valence-electron chi connectivity index (χ1n) is 10.1. The number of thiophene rings is 1. The summed E-state index contributed by atoms with van der Waals surface area (Å²) in [5.41, 5.74) is -0.265. The Hall–Kier alpha value is -2.61. The number of ether oxygens (including phenoxy) is 3. The van der Waals surface area contributed by atoms with Crippen LogP contribution in [0.3, 0.4) is 0 Å². The molecule has 0 aliphatic heterocycles. The van der Waals surface area contributed by atoms with Gasteiger partial charge in [-0.05, 0) is 29.4 Å². The number of hydrogen-bond donors (Lipinski definition) is 1. The molecule has 8 heteroatoms. The summed E-state index contributed by atoms with van der Waals surface area (Å²) >= 11 is 1.16. The number of carbonyl (C=O) groups is 3. The van der Waals surface area contributed by atoms with Crippen LogP contribution in [0.2, 0.25) is 0 Å². The smallest absolute Gasteiger partial charge is 0.315 e. The summed E-state index contributed by atoms with van der Waals surface area (Å²) in [4.78, 5) is 38.3. The SMILES string of the molecule is CCCC(C(=O)OCC(C)(C)C)C(C(=O)O)C(=O)c1cc2cc(OC)c(OC)cc2s1. The Morgan fingerprint density at radius 3 is 2.19 bits per heavy atom. The topological polar surface area (TPSA) is 99.1 Å². The molecular formula is C23H30O7S. The zero-order chi connectivity index (χ0) is 23.3. The molecule has 0 spiro atoms. The molecule has 2 aromatic rings. The van der Waals surface area contributed by atoms with E-state index in [0.29, 0.717) is 17.9 Å². The van der Waals surface area contributed by atoms with Crippen molar-refractivity contribution in [3.05, 3.63) is 23.1 Å². The van der Waals surface area contributed by atoms with Crippen LogP contribution in [0.1, 0.15) is 50.2 Å². The van der Waals surface area contributed by atoms with Gasteiger partial charge < -0.3 is 19.3 Å². The summed E-state index contributed by atoms with van der Waals surface area (Å²) < 4.78 is 16.7. The van der Waals surface area contributed by atoms with E-state index >= 15 is 0 Å². The van der Waals surface area contributed by atoms with Gasteiger partial charge in [0.2, 0.25) is 0 Å². The summed E-state index contributed by atoms with van der Waals surface area (Å²) in [5.74, 6) is -4.11. The highest BCUT2D eigenvalue weighted by Crippen LogP contribution is 2.38. The number of esters is 1. The van der Waals surface area contributed by atoms with Crippen LogP contribution in [-0.2, 0) is 14.3 Å². The number of benzene rings is 1. The Labute approximate surface area is 186 Å². The molecular weight excluding hydrogens is 420 g/mol. The van der Waals surface area contributed by atoms with E-state index in [1.807, 2.05) is 27.7 Å². The highest BCUT2D eigenvalue weighted by Gasteiger charge is 2.41. The van der Waals surface area contributed by atoms with Crippen LogP contribution < -0.4 is 9.47 Å². The average Bonchev–Trinajstić information content (AvgIpc) is 3.12. The first-order chi connectivity index (χ1) is 14.5. The van der Waals surface area contributed by atoms with Crippen LogP contribution in [0.15, 0.2) is 18.2 Å². The lowest BCUT2D eigenvalue weighted by molar-refractivity contribution is -0.158. The van der Waals surface area contributed by atoms with E-state index in [2.05, 4.69) is 0 Å². The van der Waals surface area contributed by atoms with Gasteiger partial charge in [-0.15, -0.1) is 11.3 Å². The summed E-state index contributed by atoms with van der Waals surface area (Å²) in [6, 6.07) is 5.11. The standard InChI is InChI=1S/C23H30O7S/c1-7-8-14(22(27)30-12-23(2,3)4)19(21(25)26)20(24)18-10-13-9-15(28-5)16(29-6)11-17(13)31-18/h9-11,14,19H,7-8,12H2,1-6H3,(H,25,26). The maximum Gasteiger partial charge on any atom is 0.315 e. The van der Waals surface area contributed by atoms with Gasteiger partial charge >= 0.3 is 11.9 Å². The van der Waals surface area contributed by atoms with Crippen molar-refractivity contribution < 1.29 is 33.7 Å². The zero-order valence-electron chi connectivity index (χ0n) is 18.8. The van der Waals surface area contributed by atoms with Gasteiger partial charge in [0.1, 0.15) is 5.92 Å². The number of carboxylic acid groups (broad SMARTS) is 1. The second-order valence-corrected chi connectivity index (χ2v) is 9.68. The van der Waals surface area contributed by atoms with Crippen molar-refractivity contribution in [1.29, 1.82) is 0 Å². The molecule has 0 saturated heterocycles. The van der Waals surface area contributed by atoms with Gasteiger partial charge in [0, 0.05) is 10.8 Å². The Morgan fingerprint density at radius 1 is 1.06 bits per heavy atom. The van der Waals surface area contributed by atoms with Crippen molar-refractivity contribution in [2.24, 2.45) is 17.3 Å². The maximum absolute atomic E-state index is 13.2. The van der Waals surface area contributed by atoms with E-state index in [9.17, 15) is 19.5 Å². The van der Waals surface area contributed by atoms with E-state index in [1.165, 1.54) is 14.2 Å². The average molecular weight is 451 g/mol. The molecule has 0 bridgehead atoms. The van der Waals surface area contributed by atoms with Crippen molar-refractivity contribution in [3.63, 3.8) is 0 Å². The molecule has 0 amide bonds. The summed E-state index contributed by atoms with van der Waals surface area (Å²) in [5, 5.41) is 10.6. The summed E-state index contributed by atoms with van der Waals surface area (Å²) in [6.07, 6.45) is 0.797. The largest absolute Gasteiger partial charge is 0.493 e. The van der Waals surface area contributed by atoms with Gasteiger partial charge in [0.25, 0.3) is 0 Å². The predicted octanol–water partition coefficient (Wildman–Crippen LogP) is 4.81. The van der Waals surface area contributed by atoms with Crippen molar-refractivity contribution in [2.75, 3.05) is 20.8 Å². The minimum Gasteiger partial charge on any atom is -0.493 e. The third kappa shape index (κ3) is 5.97. The molecule has 1 N–H and O–H groups in total. The lowest BCUT2D eigenvalue weighted by Gasteiger charge is -2.24. The molecule has 2 rings (SSSR count). The Morgan fingerprint density at radius 2 is 1.68 bits per heavy atom. The summed E-state index contributed by atoms with van der Waals surface area (Å²) in [7, 11) is 3.03. The lowest BCUT2D eigenvalue weighted by atomic mass is 9.84. The molecule has 0 fully saturated rings. The third-order valence-electron chi connectivity index (χ3n) is 4.77. The van der Waals surface area contributed by atoms with E-state index < -0.39 is 29.6 Å². The number of Topliss-reactive ketones (excluding diaryl/α,β-unsaturated/α-hetero) is 1. The molecule has 0 radical (unpaired) electrons. The Kier molecular flexibility index (Phi) is 8.06. The molecule has 1 heterocycles. The normalized spacial score (nSPS) is 13.5. The second-order valence-electron chi connectivity index (χ2n) is 8.60. The van der Waals surface area contributed by atoms with Crippen LogP contribution in [-0.4, -0.2) is 43.7 Å². The van der Waals surface area contributed by atoms with E-state index in [1.54, 1.807) is 18.2 Å². The van der Waals surface area contributed by atoms with Crippen molar-refractivity contribution in [1.82, 2.24) is 0 Å². The minimum absolute atomic E-state index is 0.148. The molecule has 0 aliphatic rings. The van der Waals surface area contributed by atoms with Crippen LogP contribution in [0.4, 0.5) is 0 Å². The summed E-state index contributed by atoms with van der Waals surface area (Å²) in [6.45, 7) is 7.72. The molecule has 1 aromatic heterocycles. The van der Waals surface area contributed by atoms with Crippen LogP contribution in [0, 0.1) is 17.3 Å². The van der Waals surface area contributed by atoms with Gasteiger partial charge in [-0.3, -0.25) is 14.4 Å². The molecule has 31 heavy (non-hydrogen) atoms. The minimum atomic E-state index is -1.51. The van der Waals surface area contributed by atoms with Crippen molar-refractivity contribution >= 4 is 39.1 Å². The second kappa shape index (κ2) is 10.1. The first kappa shape index (κ1) is 24.7. The van der Waals surface area contributed by atoms with Crippen molar-refractivity contribution in [3.8, 4) is 11.5 Å². The Bertz CT molecular complexity index is 914. The van der Waals surface area contributed by atoms with Gasteiger partial charge in [-0.25, -0.2) is 0 Å². The van der Waals surface area contributed by atoms with Gasteiger partial charge in [0.15, 0.2) is 17.3 Å². The number of fused-ring (bicyclic) bond motifs is 1. The number of ketones is 1. The van der Waals surface area contributed by atoms with Crippen LogP contribution in [0.25, 0.3) is 10.1 Å². The fourth-order valence-electron chi connectivity index (χ4n) is 3.23. The third-order valence-corrected chi connectivity index (χ3v) is 5.88. The molecule has 7 nitrogen and oxygen atoms in total. The quantitative estimate of drug-likeness (QED) is 0.315. The number of rotatable bonds is 10. The zero-order valence-corrected chi connectivity index (χ0v) is 19.6. The first-order valence-corrected chi connectivity index (χ1v) is 10.9. The lowest BCUT2D eigenvalue weighted by Crippen LogP contribution is -2.37. The Balaban J connectivity index is 2.41. The molecule has 1 aromatic carbocycles. The number of methoxy groups -OCH3 is 2. The number of carbonyl (C=O) groups excluding carboxylic acids is 2. The van der Waals surface area contributed by atoms with Crippen molar-refractivity contribution in [2.45, 2.75) is 40.5 Å². The van der Waals surface area contributed by atoms with Gasteiger partial charge in [0.05, 0.1) is 31.6 Å². The number of hydrogen-bond acceptors (Lipinski definition) is 7. The molecule has 0 saturated carbocycles. The van der Waals surface area contributed by atoms with Gasteiger partial charge in [-0.1, -0.05) is 34.1 Å². The number of carboxylic acids is 1. The molecule has 0 aliphatic carbocycles. The molecule has 2 atom stereocenters. The molecule has 170 valence electrons. The van der Waals surface area contributed by atoms with E-state index in [4.69, 9.17) is 14.2 Å². The highest BCUT2D eigenvalue weighted by atomic mass is 32.1. The van der Waals surface area contributed by atoms with Crippen LogP contribution in [0.5, 0.6) is 11.5 Å². The predicted molar refractivity (Wildman–Crippen MR) is 119 cm³/mol. The van der Waals surface area contributed by atoms with E-state index in [-0.39, 0.29) is 23.3 Å². The monoisotopic (exact) mass is 450 g/mol. The number of aliphatic carboxylic acids is 1. The maximum atomic E-state index is 13.2. The fraction of sp³-hybridized carbons (Fsp3) is 0.522. The molecule has 2 unspecified atom stereocenters. The highest BCUT2D eigenvalue weighted by molar-refractivity contribution is 7.20. The fourth-order valence-corrected chi connectivity index (χ4v) is 4.29. The van der Waals surface area contributed by atoms with E-state index in [0.717, 1.165) is 21.4 Å².